The van der Waals surface area contributed by atoms with Crippen molar-refractivity contribution in [2.24, 2.45) is 0 Å². The van der Waals surface area contributed by atoms with Crippen molar-refractivity contribution in [1.29, 1.82) is 0 Å². The Morgan fingerprint density at radius 3 is 2.61 bits per heavy atom. The zero-order valence-corrected chi connectivity index (χ0v) is 20.8. The zero-order chi connectivity index (χ0) is 23.5. The van der Waals surface area contributed by atoms with E-state index >= 15 is 0 Å². The molecule has 1 aliphatic rings. The summed E-state index contributed by atoms with van der Waals surface area (Å²) in [5.74, 6) is 0.00437. The Bertz CT molecular complexity index is 1130. The van der Waals surface area contributed by atoms with Gasteiger partial charge in [-0.2, -0.15) is 5.10 Å². The van der Waals surface area contributed by atoms with E-state index in [4.69, 9.17) is 28.3 Å². The van der Waals surface area contributed by atoms with Crippen molar-refractivity contribution in [3.63, 3.8) is 0 Å². The summed E-state index contributed by atoms with van der Waals surface area (Å²) in [4.78, 5) is 15.5. The number of hydrogen-bond donors (Lipinski definition) is 1. The number of nitrogens with zero attached hydrogens (tertiary/aromatic N) is 3. The van der Waals surface area contributed by atoms with E-state index < -0.39 is 0 Å². The van der Waals surface area contributed by atoms with Gasteiger partial charge in [0.15, 0.2) is 0 Å². The van der Waals surface area contributed by atoms with Gasteiger partial charge in [-0.1, -0.05) is 59.6 Å². The Balaban J connectivity index is 1.74. The van der Waals surface area contributed by atoms with Gasteiger partial charge in [-0.05, 0) is 49.9 Å². The average Bonchev–Trinajstić information content (AvgIpc) is 3.16. The van der Waals surface area contributed by atoms with Crippen molar-refractivity contribution in [3.8, 4) is 0 Å². The highest BCUT2D eigenvalue weighted by Gasteiger charge is 2.39. The van der Waals surface area contributed by atoms with Gasteiger partial charge in [0.05, 0.1) is 15.7 Å². The molecule has 0 fully saturated rings. The summed E-state index contributed by atoms with van der Waals surface area (Å²) >= 11 is 12.4. The molecule has 0 saturated heterocycles. The molecule has 2 aromatic carbocycles. The highest BCUT2D eigenvalue weighted by molar-refractivity contribution is 6.42. The molecule has 0 saturated carbocycles. The molecule has 1 aliphatic heterocycles. The third-order valence-corrected chi connectivity index (χ3v) is 7.29. The molecule has 3 aromatic rings. The summed E-state index contributed by atoms with van der Waals surface area (Å²) in [5.41, 5.74) is 5.72. The van der Waals surface area contributed by atoms with E-state index in [1.54, 1.807) is 7.05 Å². The molecule has 1 aromatic heterocycles. The fourth-order valence-corrected chi connectivity index (χ4v) is 5.36. The van der Waals surface area contributed by atoms with Crippen LogP contribution in [0.2, 0.25) is 10.0 Å². The van der Waals surface area contributed by atoms with Gasteiger partial charge in [-0.15, -0.1) is 0 Å². The molecule has 174 valence electrons. The summed E-state index contributed by atoms with van der Waals surface area (Å²) in [7, 11) is 1.71. The molecule has 2 atom stereocenters. The van der Waals surface area contributed by atoms with Gasteiger partial charge in [0.2, 0.25) is 5.91 Å². The molecule has 1 N–H and O–H groups in total. The molecule has 1 unspecified atom stereocenters. The van der Waals surface area contributed by atoms with Crippen LogP contribution < -0.4 is 5.32 Å². The quantitative estimate of drug-likeness (QED) is 0.478. The summed E-state index contributed by atoms with van der Waals surface area (Å²) in [6.07, 6.45) is 2.54. The minimum atomic E-state index is -0.368. The molecule has 2 heterocycles. The van der Waals surface area contributed by atoms with E-state index in [1.165, 1.54) is 11.3 Å². The summed E-state index contributed by atoms with van der Waals surface area (Å²) in [5, 5.41) is 8.84. The summed E-state index contributed by atoms with van der Waals surface area (Å²) in [6, 6.07) is 15.5. The third kappa shape index (κ3) is 4.81. The SMILES string of the molecule is CCn1nc(C)c2c1CCN([C@@H](C(=O)NC)c1ccccc1)C2CCc1ccc(Cl)c(Cl)c1. The number of nitrogens with one attached hydrogen (secondary N) is 1. The van der Waals surface area contributed by atoms with Crippen LogP contribution in [0.5, 0.6) is 0 Å². The first-order valence-corrected chi connectivity index (χ1v) is 12.2. The fraction of sp³-hybridized carbons (Fsp3) is 0.385. The number of likely N-dealkylation sites (N-methyl/N-ethyl adjacent to an activating group) is 1. The molecule has 0 spiro atoms. The normalized spacial score (nSPS) is 16.9. The zero-order valence-electron chi connectivity index (χ0n) is 19.3. The highest BCUT2D eigenvalue weighted by atomic mass is 35.5. The van der Waals surface area contributed by atoms with Crippen LogP contribution in [0.3, 0.4) is 0 Å². The van der Waals surface area contributed by atoms with Gasteiger partial charge in [0.25, 0.3) is 0 Å². The molecule has 1 amide bonds. The Morgan fingerprint density at radius 1 is 1.18 bits per heavy atom. The largest absolute Gasteiger partial charge is 0.358 e. The average molecular weight is 485 g/mol. The first-order chi connectivity index (χ1) is 15.9. The molecule has 0 aliphatic carbocycles. The monoisotopic (exact) mass is 484 g/mol. The molecular weight excluding hydrogens is 455 g/mol. The first kappa shape index (κ1) is 23.8. The van der Waals surface area contributed by atoms with Gasteiger partial charge in [-0.3, -0.25) is 14.4 Å². The number of hydrogen-bond acceptors (Lipinski definition) is 3. The predicted molar refractivity (Wildman–Crippen MR) is 134 cm³/mol. The van der Waals surface area contributed by atoms with Crippen LogP contribution in [-0.4, -0.2) is 34.2 Å². The number of halogens is 2. The number of carbonyl (C=O) groups excluding carboxylic acids is 1. The summed E-state index contributed by atoms with van der Waals surface area (Å²) in [6.45, 7) is 5.84. The summed E-state index contributed by atoms with van der Waals surface area (Å²) < 4.78 is 2.12. The van der Waals surface area contributed by atoms with E-state index in [1.807, 2.05) is 48.5 Å². The van der Waals surface area contributed by atoms with Crippen LogP contribution >= 0.6 is 23.2 Å². The fourth-order valence-electron chi connectivity index (χ4n) is 5.04. The number of amides is 1. The molecule has 0 bridgehead atoms. The van der Waals surface area contributed by atoms with E-state index in [2.05, 4.69) is 28.7 Å². The van der Waals surface area contributed by atoms with E-state index in [0.29, 0.717) is 10.0 Å². The smallest absolute Gasteiger partial charge is 0.241 e. The molecule has 33 heavy (non-hydrogen) atoms. The van der Waals surface area contributed by atoms with Crippen molar-refractivity contribution in [1.82, 2.24) is 20.0 Å². The second-order valence-corrected chi connectivity index (χ2v) is 9.29. The highest BCUT2D eigenvalue weighted by Crippen LogP contribution is 2.41. The Labute approximate surface area is 205 Å². The lowest BCUT2D eigenvalue weighted by Gasteiger charge is -2.41. The predicted octanol–water partition coefficient (Wildman–Crippen LogP) is 5.54. The van der Waals surface area contributed by atoms with Gasteiger partial charge >= 0.3 is 0 Å². The maximum Gasteiger partial charge on any atom is 0.241 e. The number of fused-ring (bicyclic) bond motifs is 1. The Morgan fingerprint density at radius 2 is 1.94 bits per heavy atom. The number of aryl methyl sites for hydroxylation is 3. The second-order valence-electron chi connectivity index (χ2n) is 8.48. The van der Waals surface area contributed by atoms with Gasteiger partial charge < -0.3 is 5.32 Å². The van der Waals surface area contributed by atoms with E-state index in [-0.39, 0.29) is 18.0 Å². The Kier molecular flexibility index (Phi) is 7.42. The number of rotatable bonds is 7. The molecular formula is C26H30Cl2N4O. The van der Waals surface area contributed by atoms with Crippen molar-refractivity contribution < 1.29 is 4.79 Å². The van der Waals surface area contributed by atoms with Crippen LogP contribution in [-0.2, 0) is 24.2 Å². The number of aromatic nitrogens is 2. The number of carbonyl (C=O) groups is 1. The van der Waals surface area contributed by atoms with Crippen LogP contribution in [0.1, 0.15) is 53.5 Å². The lowest BCUT2D eigenvalue weighted by molar-refractivity contribution is -0.127. The van der Waals surface area contributed by atoms with Crippen LogP contribution in [0.15, 0.2) is 48.5 Å². The molecule has 4 rings (SSSR count). The van der Waals surface area contributed by atoms with Crippen LogP contribution in [0.25, 0.3) is 0 Å². The standard InChI is InChI=1S/C26H30Cl2N4O/c1-4-32-23-14-15-31(25(26(33)29-3)19-8-6-5-7-9-19)22(24(23)17(2)30-32)13-11-18-10-12-20(27)21(28)16-18/h5-10,12,16,22,25H,4,11,13-15H2,1-3H3,(H,29,33)/t22?,25-/m1/s1. The minimum Gasteiger partial charge on any atom is -0.358 e. The molecule has 5 nitrogen and oxygen atoms in total. The second kappa shape index (κ2) is 10.3. The maximum atomic E-state index is 13.2. The van der Waals surface area contributed by atoms with Crippen LogP contribution in [0.4, 0.5) is 0 Å². The maximum absolute atomic E-state index is 13.2. The molecule has 0 radical (unpaired) electrons. The van der Waals surface area contributed by atoms with E-state index in [9.17, 15) is 4.79 Å². The van der Waals surface area contributed by atoms with Crippen LogP contribution in [0, 0.1) is 6.92 Å². The Hall–Kier alpha value is -2.34. The third-order valence-electron chi connectivity index (χ3n) is 6.56. The van der Waals surface area contributed by atoms with Gasteiger partial charge in [-0.25, -0.2) is 0 Å². The van der Waals surface area contributed by atoms with Gasteiger partial charge in [0.1, 0.15) is 6.04 Å². The lowest BCUT2D eigenvalue weighted by Crippen LogP contribution is -2.45. The lowest BCUT2D eigenvalue weighted by atomic mass is 9.88. The van der Waals surface area contributed by atoms with Crippen molar-refractivity contribution in [2.75, 3.05) is 13.6 Å². The minimum absolute atomic E-state index is 0.00437. The number of benzene rings is 2. The van der Waals surface area contributed by atoms with Crippen molar-refractivity contribution in [3.05, 3.63) is 86.7 Å². The van der Waals surface area contributed by atoms with E-state index in [0.717, 1.165) is 49.2 Å². The van der Waals surface area contributed by atoms with Gasteiger partial charge in [0, 0.05) is 43.9 Å². The topological polar surface area (TPSA) is 50.2 Å². The van der Waals surface area contributed by atoms with Crippen molar-refractivity contribution in [2.45, 2.75) is 51.7 Å². The first-order valence-electron chi connectivity index (χ1n) is 11.5. The molecule has 7 heteroatoms. The van der Waals surface area contributed by atoms with Crippen molar-refractivity contribution >= 4 is 29.1 Å².